The molecule has 0 saturated carbocycles. The Morgan fingerprint density at radius 3 is 2.26 bits per heavy atom. The first kappa shape index (κ1) is 20.4. The van der Waals surface area contributed by atoms with Gasteiger partial charge in [-0.2, -0.15) is 0 Å². The second-order valence-electron chi connectivity index (χ2n) is 8.68. The second-order valence-corrected chi connectivity index (χ2v) is 8.68. The van der Waals surface area contributed by atoms with E-state index < -0.39 is 35.6 Å². The zero-order chi connectivity index (χ0) is 23.4. The van der Waals surface area contributed by atoms with E-state index in [1.54, 1.807) is 12.1 Å². The lowest BCUT2D eigenvalue weighted by Crippen LogP contribution is -2.46. The molecule has 0 spiro atoms. The number of hydrogen-bond acceptors (Lipinski definition) is 4. The van der Waals surface area contributed by atoms with Crippen LogP contribution in [-0.2, 0) is 14.4 Å². The van der Waals surface area contributed by atoms with E-state index >= 15 is 0 Å². The molecule has 4 atom stereocenters. The lowest BCUT2D eigenvalue weighted by Gasteiger charge is -2.35. The number of carbonyl (C=O) groups excluding carboxylic acids is 3. The maximum absolute atomic E-state index is 13.7. The van der Waals surface area contributed by atoms with Crippen LogP contribution in [0.15, 0.2) is 85.1 Å². The number of carbonyl (C=O) groups is 3. The fourth-order valence-electron chi connectivity index (χ4n) is 5.44. The van der Waals surface area contributed by atoms with Crippen molar-refractivity contribution in [2.75, 3.05) is 10.2 Å². The van der Waals surface area contributed by atoms with Gasteiger partial charge >= 0.3 is 0 Å². The van der Waals surface area contributed by atoms with Crippen molar-refractivity contribution in [3.05, 3.63) is 102 Å². The summed E-state index contributed by atoms with van der Waals surface area (Å²) in [6.45, 7) is 0. The maximum Gasteiger partial charge on any atom is 0.247 e. The predicted molar refractivity (Wildman–Crippen MR) is 125 cm³/mol. The van der Waals surface area contributed by atoms with E-state index in [4.69, 9.17) is 0 Å². The lowest BCUT2D eigenvalue weighted by molar-refractivity contribution is -0.128. The molecular weight excluding hydrogens is 433 g/mol. The number of benzene rings is 3. The van der Waals surface area contributed by atoms with E-state index in [1.807, 2.05) is 59.6 Å². The largest absolute Gasteiger partial charge is 0.357 e. The van der Waals surface area contributed by atoms with Gasteiger partial charge in [-0.3, -0.25) is 14.4 Å². The SMILES string of the molecule is O=C(Nc1ccccc1)[C@@H]1[C@@H]2C(=O)N(c3ccc(F)cc3)C(=O)[C@@H]2[C@H]2c3ccccc3C=CN12. The topological polar surface area (TPSA) is 69.7 Å². The van der Waals surface area contributed by atoms with Gasteiger partial charge in [0, 0.05) is 11.9 Å². The summed E-state index contributed by atoms with van der Waals surface area (Å²) in [5, 5.41) is 2.90. The molecule has 0 unspecified atom stereocenters. The number of nitrogens with zero attached hydrogens (tertiary/aromatic N) is 2. The minimum Gasteiger partial charge on any atom is -0.357 e. The van der Waals surface area contributed by atoms with Gasteiger partial charge in [-0.1, -0.05) is 42.5 Å². The van der Waals surface area contributed by atoms with E-state index in [-0.39, 0.29) is 11.8 Å². The maximum atomic E-state index is 13.7. The van der Waals surface area contributed by atoms with E-state index in [9.17, 15) is 18.8 Å². The number of nitrogens with one attached hydrogen (secondary N) is 1. The third-order valence-electron chi connectivity index (χ3n) is 6.86. The molecule has 1 N–H and O–H groups in total. The molecule has 7 heteroatoms. The van der Waals surface area contributed by atoms with Crippen LogP contribution >= 0.6 is 0 Å². The summed E-state index contributed by atoms with van der Waals surface area (Å²) in [7, 11) is 0. The lowest BCUT2D eigenvalue weighted by atomic mass is 9.84. The molecule has 3 amide bonds. The predicted octanol–water partition coefficient (Wildman–Crippen LogP) is 3.98. The van der Waals surface area contributed by atoms with Gasteiger partial charge in [0.2, 0.25) is 17.7 Å². The van der Waals surface area contributed by atoms with Crippen molar-refractivity contribution >= 4 is 35.2 Å². The van der Waals surface area contributed by atoms with Crippen molar-refractivity contribution in [2.24, 2.45) is 11.8 Å². The van der Waals surface area contributed by atoms with E-state index in [1.165, 1.54) is 24.3 Å². The highest BCUT2D eigenvalue weighted by Gasteiger charge is 2.64. The summed E-state index contributed by atoms with van der Waals surface area (Å²) in [4.78, 5) is 43.9. The number of rotatable bonds is 3. The van der Waals surface area contributed by atoms with E-state index in [0.717, 1.165) is 16.0 Å². The van der Waals surface area contributed by atoms with E-state index in [0.29, 0.717) is 11.4 Å². The van der Waals surface area contributed by atoms with Crippen molar-refractivity contribution in [3.8, 4) is 0 Å². The number of hydrogen-bond donors (Lipinski definition) is 1. The highest BCUT2D eigenvalue weighted by atomic mass is 19.1. The molecule has 6 nitrogen and oxygen atoms in total. The third-order valence-corrected chi connectivity index (χ3v) is 6.86. The molecule has 34 heavy (non-hydrogen) atoms. The summed E-state index contributed by atoms with van der Waals surface area (Å²) >= 11 is 0. The Morgan fingerprint density at radius 1 is 0.824 bits per heavy atom. The smallest absolute Gasteiger partial charge is 0.247 e. The zero-order valence-corrected chi connectivity index (χ0v) is 18.0. The van der Waals surface area contributed by atoms with Gasteiger partial charge in [0.05, 0.1) is 23.6 Å². The fourth-order valence-corrected chi connectivity index (χ4v) is 5.44. The molecule has 3 aliphatic rings. The quantitative estimate of drug-likeness (QED) is 0.609. The Bertz CT molecular complexity index is 1340. The summed E-state index contributed by atoms with van der Waals surface area (Å²) in [6.07, 6.45) is 3.71. The van der Waals surface area contributed by atoms with Gasteiger partial charge in [-0.05, 0) is 53.6 Å². The van der Waals surface area contributed by atoms with Crippen LogP contribution in [0.5, 0.6) is 0 Å². The molecule has 3 aromatic rings. The van der Waals surface area contributed by atoms with Crippen LogP contribution in [0.2, 0.25) is 0 Å². The Hall–Kier alpha value is -4.26. The summed E-state index contributed by atoms with van der Waals surface area (Å²) in [5.74, 6) is -3.25. The highest BCUT2D eigenvalue weighted by Crippen LogP contribution is 2.53. The third kappa shape index (κ3) is 2.97. The Balaban J connectivity index is 1.45. The second kappa shape index (κ2) is 7.66. The molecule has 168 valence electrons. The van der Waals surface area contributed by atoms with Gasteiger partial charge < -0.3 is 10.2 Å². The van der Waals surface area contributed by atoms with E-state index in [2.05, 4.69) is 5.32 Å². The number of imide groups is 1. The normalized spacial score (nSPS) is 24.6. The average molecular weight is 453 g/mol. The molecule has 0 bridgehead atoms. The van der Waals surface area contributed by atoms with Crippen LogP contribution in [0.4, 0.5) is 15.8 Å². The monoisotopic (exact) mass is 453 g/mol. The summed E-state index contributed by atoms with van der Waals surface area (Å²) in [5.41, 5.74) is 2.77. The van der Waals surface area contributed by atoms with Crippen molar-refractivity contribution < 1.29 is 18.8 Å². The molecule has 3 heterocycles. The minimum atomic E-state index is -0.873. The zero-order valence-electron chi connectivity index (χ0n) is 18.0. The van der Waals surface area contributed by atoms with Crippen LogP contribution in [0.25, 0.3) is 6.08 Å². The van der Waals surface area contributed by atoms with Gasteiger partial charge in [0.1, 0.15) is 11.9 Å². The first-order valence-corrected chi connectivity index (χ1v) is 11.1. The highest BCUT2D eigenvalue weighted by molar-refractivity contribution is 6.24. The molecule has 2 fully saturated rings. The van der Waals surface area contributed by atoms with Crippen molar-refractivity contribution in [1.82, 2.24) is 4.90 Å². The number of para-hydroxylation sites is 1. The molecule has 0 radical (unpaired) electrons. The first-order valence-electron chi connectivity index (χ1n) is 11.1. The summed E-state index contributed by atoms with van der Waals surface area (Å²) in [6, 6.07) is 20.6. The van der Waals surface area contributed by atoms with Gasteiger partial charge in [0.25, 0.3) is 0 Å². The Morgan fingerprint density at radius 2 is 1.50 bits per heavy atom. The van der Waals surface area contributed by atoms with Crippen LogP contribution in [-0.4, -0.2) is 28.7 Å². The van der Waals surface area contributed by atoms with Crippen LogP contribution in [0.1, 0.15) is 17.2 Å². The van der Waals surface area contributed by atoms with Crippen LogP contribution < -0.4 is 10.2 Å². The minimum absolute atomic E-state index is 0.305. The number of fused-ring (bicyclic) bond motifs is 5. The van der Waals surface area contributed by atoms with Crippen molar-refractivity contribution in [1.29, 1.82) is 0 Å². The average Bonchev–Trinajstić information content (AvgIpc) is 3.33. The number of amides is 3. The van der Waals surface area contributed by atoms with Crippen molar-refractivity contribution in [3.63, 3.8) is 0 Å². The van der Waals surface area contributed by atoms with Gasteiger partial charge in [0.15, 0.2) is 0 Å². The first-order chi connectivity index (χ1) is 16.5. The van der Waals surface area contributed by atoms with Crippen molar-refractivity contribution in [2.45, 2.75) is 12.1 Å². The molecule has 0 aromatic heterocycles. The summed E-state index contributed by atoms with van der Waals surface area (Å²) < 4.78 is 13.5. The van der Waals surface area contributed by atoms with Gasteiger partial charge in [-0.15, -0.1) is 0 Å². The molecule has 0 aliphatic carbocycles. The Labute approximate surface area is 195 Å². The molecular formula is C27H20FN3O3. The standard InChI is InChI=1S/C27H20FN3O3/c28-17-10-12-19(13-11-17)31-26(33)21-22(27(31)34)24(25(32)29-18-7-2-1-3-8-18)30-15-14-16-6-4-5-9-20(16)23(21)30/h1-15,21-24H,(H,29,32)/t21-,22+,23+,24-/m0/s1. The molecule has 6 rings (SSSR count). The Kier molecular flexibility index (Phi) is 4.58. The number of halogens is 1. The fraction of sp³-hybridized carbons (Fsp3) is 0.148. The molecule has 3 aromatic carbocycles. The van der Waals surface area contributed by atoms with Crippen LogP contribution in [0.3, 0.4) is 0 Å². The molecule has 3 aliphatic heterocycles. The van der Waals surface area contributed by atoms with Gasteiger partial charge in [-0.25, -0.2) is 9.29 Å². The molecule has 2 saturated heterocycles. The van der Waals surface area contributed by atoms with Crippen LogP contribution in [0, 0.1) is 17.7 Å². The number of anilines is 2.